The van der Waals surface area contributed by atoms with Crippen LogP contribution >= 0.6 is 34.5 Å². The van der Waals surface area contributed by atoms with Crippen molar-refractivity contribution in [3.63, 3.8) is 0 Å². The summed E-state index contributed by atoms with van der Waals surface area (Å²) in [4.78, 5) is 4.57. The number of hydrogen-bond acceptors (Lipinski definition) is 4. The van der Waals surface area contributed by atoms with Gasteiger partial charge in [0, 0.05) is 16.0 Å². The molecular formula is C24H19Cl2N3S. The van der Waals surface area contributed by atoms with Gasteiger partial charge in [-0.3, -0.25) is 5.43 Å². The Morgan fingerprint density at radius 3 is 2.43 bits per heavy atom. The molecule has 0 unspecified atom stereocenters. The molecule has 0 amide bonds. The van der Waals surface area contributed by atoms with Crippen LogP contribution in [0.15, 0.2) is 83.3 Å². The monoisotopic (exact) mass is 451 g/mol. The topological polar surface area (TPSA) is 37.3 Å². The number of halogens is 2. The van der Waals surface area contributed by atoms with Crippen LogP contribution in [0.3, 0.4) is 0 Å². The zero-order valence-corrected chi connectivity index (χ0v) is 18.6. The number of rotatable bonds is 6. The molecule has 0 fully saturated rings. The van der Waals surface area contributed by atoms with Crippen LogP contribution < -0.4 is 5.43 Å². The van der Waals surface area contributed by atoms with E-state index in [4.69, 9.17) is 23.2 Å². The fourth-order valence-electron chi connectivity index (χ4n) is 3.04. The Bertz CT molecular complexity index is 1170. The maximum absolute atomic E-state index is 6.28. The summed E-state index contributed by atoms with van der Waals surface area (Å²) in [7, 11) is 0. The number of nitrogens with one attached hydrogen (secondary N) is 1. The minimum Gasteiger partial charge on any atom is -0.252 e. The van der Waals surface area contributed by atoms with E-state index in [2.05, 4.69) is 64.0 Å². The summed E-state index contributed by atoms with van der Waals surface area (Å²) >= 11 is 13.7. The van der Waals surface area contributed by atoms with Crippen LogP contribution in [0.5, 0.6) is 0 Å². The summed E-state index contributed by atoms with van der Waals surface area (Å²) in [6.45, 7) is 1.98. The molecule has 30 heavy (non-hydrogen) atoms. The second-order valence-corrected chi connectivity index (χ2v) is 8.53. The van der Waals surface area contributed by atoms with Crippen molar-refractivity contribution in [2.45, 2.75) is 13.3 Å². The van der Waals surface area contributed by atoms with Gasteiger partial charge in [0.05, 0.1) is 16.4 Å². The minimum atomic E-state index is 0.578. The Balaban J connectivity index is 1.42. The molecule has 6 heteroatoms. The first-order valence-corrected chi connectivity index (χ1v) is 11.1. The molecule has 1 heterocycles. The molecule has 4 rings (SSSR count). The lowest BCUT2D eigenvalue weighted by atomic mass is 10.0. The standard InChI is InChI=1S/C24H19Cl2N3S/c1-16(19-9-7-18(8-10-19)13-17-5-3-2-4-6-17)28-29-24-27-23(15-30-24)21-12-11-20(25)14-22(21)26/h2-12,14-15H,13H2,1H3,(H,27,29)/b28-16+. The minimum absolute atomic E-state index is 0.578. The SMILES string of the molecule is C/C(=N\Nc1nc(-c2ccc(Cl)cc2Cl)cs1)c1ccc(Cc2ccccc2)cc1. The van der Waals surface area contributed by atoms with Gasteiger partial charge in [0.2, 0.25) is 5.13 Å². The normalized spacial score (nSPS) is 11.5. The van der Waals surface area contributed by atoms with Crippen molar-refractivity contribution in [2.24, 2.45) is 5.10 Å². The molecule has 150 valence electrons. The van der Waals surface area contributed by atoms with E-state index in [9.17, 15) is 0 Å². The van der Waals surface area contributed by atoms with Gasteiger partial charge >= 0.3 is 0 Å². The molecule has 1 aromatic heterocycles. The van der Waals surface area contributed by atoms with Crippen LogP contribution in [0.2, 0.25) is 10.0 Å². The largest absolute Gasteiger partial charge is 0.252 e. The number of benzene rings is 3. The number of thiazole rings is 1. The third kappa shape index (κ3) is 5.08. The summed E-state index contributed by atoms with van der Waals surface area (Å²) < 4.78 is 0. The first-order valence-electron chi connectivity index (χ1n) is 9.43. The Kier molecular flexibility index (Phi) is 6.48. The molecule has 0 aliphatic carbocycles. The third-order valence-electron chi connectivity index (χ3n) is 4.65. The average Bonchev–Trinajstić information content (AvgIpc) is 3.22. The lowest BCUT2D eigenvalue weighted by Gasteiger charge is -2.05. The van der Waals surface area contributed by atoms with E-state index in [-0.39, 0.29) is 0 Å². The Labute approximate surface area is 190 Å². The van der Waals surface area contributed by atoms with Crippen molar-refractivity contribution in [3.05, 3.63) is 105 Å². The van der Waals surface area contributed by atoms with Gasteiger partial charge in [0.25, 0.3) is 0 Å². The molecule has 0 atom stereocenters. The van der Waals surface area contributed by atoms with Gasteiger partial charge < -0.3 is 0 Å². The van der Waals surface area contributed by atoms with E-state index >= 15 is 0 Å². The molecule has 3 nitrogen and oxygen atoms in total. The van der Waals surface area contributed by atoms with E-state index in [0.29, 0.717) is 15.2 Å². The maximum Gasteiger partial charge on any atom is 0.203 e. The van der Waals surface area contributed by atoms with Crippen LogP contribution in [-0.4, -0.2) is 10.7 Å². The Hall–Kier alpha value is -2.66. The average molecular weight is 452 g/mol. The van der Waals surface area contributed by atoms with Crippen molar-refractivity contribution in [1.29, 1.82) is 0 Å². The van der Waals surface area contributed by atoms with Gasteiger partial charge in [-0.05, 0) is 48.2 Å². The number of anilines is 1. The van der Waals surface area contributed by atoms with Crippen LogP contribution in [-0.2, 0) is 6.42 Å². The van der Waals surface area contributed by atoms with Crippen LogP contribution in [0.1, 0.15) is 23.6 Å². The molecule has 1 N–H and O–H groups in total. The van der Waals surface area contributed by atoms with E-state index in [1.165, 1.54) is 22.5 Å². The van der Waals surface area contributed by atoms with Crippen LogP contribution in [0, 0.1) is 0 Å². The Morgan fingerprint density at radius 1 is 0.967 bits per heavy atom. The zero-order chi connectivity index (χ0) is 20.9. The third-order valence-corrected chi connectivity index (χ3v) is 5.95. The highest BCUT2D eigenvalue weighted by atomic mass is 35.5. The predicted octanol–water partition coefficient (Wildman–Crippen LogP) is 7.54. The van der Waals surface area contributed by atoms with Gasteiger partial charge in [-0.1, -0.05) is 77.8 Å². The van der Waals surface area contributed by atoms with Crippen molar-refractivity contribution in [1.82, 2.24) is 4.98 Å². The smallest absolute Gasteiger partial charge is 0.203 e. The van der Waals surface area contributed by atoms with Crippen LogP contribution in [0.4, 0.5) is 5.13 Å². The van der Waals surface area contributed by atoms with Gasteiger partial charge in [0.15, 0.2) is 0 Å². The quantitative estimate of drug-likeness (QED) is 0.242. The molecule has 4 aromatic rings. The molecule has 0 aliphatic heterocycles. The number of hydrazone groups is 1. The second-order valence-electron chi connectivity index (χ2n) is 6.83. The molecule has 0 bridgehead atoms. The first kappa shape index (κ1) is 20.6. The molecule has 0 saturated carbocycles. The summed E-state index contributed by atoms with van der Waals surface area (Å²) in [5, 5.41) is 8.31. The van der Waals surface area contributed by atoms with Gasteiger partial charge in [-0.25, -0.2) is 4.98 Å². The lowest BCUT2D eigenvalue weighted by molar-refractivity contribution is 1.19. The molecule has 0 aliphatic rings. The van der Waals surface area contributed by atoms with Crippen molar-refractivity contribution in [2.75, 3.05) is 5.43 Å². The summed E-state index contributed by atoms with van der Waals surface area (Å²) in [5.74, 6) is 0. The Morgan fingerprint density at radius 2 is 1.70 bits per heavy atom. The number of nitrogens with zero attached hydrogens (tertiary/aromatic N) is 2. The predicted molar refractivity (Wildman–Crippen MR) is 129 cm³/mol. The number of hydrogen-bond donors (Lipinski definition) is 1. The van der Waals surface area contributed by atoms with Gasteiger partial charge in [-0.2, -0.15) is 5.10 Å². The van der Waals surface area contributed by atoms with E-state index in [0.717, 1.165) is 29.0 Å². The highest BCUT2D eigenvalue weighted by Gasteiger charge is 2.09. The molecular weight excluding hydrogens is 433 g/mol. The van der Waals surface area contributed by atoms with E-state index in [1.807, 2.05) is 24.4 Å². The zero-order valence-electron chi connectivity index (χ0n) is 16.3. The van der Waals surface area contributed by atoms with E-state index in [1.54, 1.807) is 12.1 Å². The molecule has 0 radical (unpaired) electrons. The number of aromatic nitrogens is 1. The molecule has 0 saturated heterocycles. The van der Waals surface area contributed by atoms with Crippen molar-refractivity contribution < 1.29 is 0 Å². The second kappa shape index (κ2) is 9.43. The highest BCUT2D eigenvalue weighted by molar-refractivity contribution is 7.14. The fourth-order valence-corrected chi connectivity index (χ4v) is 4.20. The maximum atomic E-state index is 6.28. The fraction of sp³-hybridized carbons (Fsp3) is 0.0833. The first-order chi connectivity index (χ1) is 14.6. The van der Waals surface area contributed by atoms with Gasteiger partial charge in [0.1, 0.15) is 0 Å². The lowest BCUT2D eigenvalue weighted by Crippen LogP contribution is -2.00. The van der Waals surface area contributed by atoms with Crippen molar-refractivity contribution in [3.8, 4) is 11.3 Å². The highest BCUT2D eigenvalue weighted by Crippen LogP contribution is 2.32. The van der Waals surface area contributed by atoms with E-state index < -0.39 is 0 Å². The summed E-state index contributed by atoms with van der Waals surface area (Å²) in [6, 6.07) is 24.3. The van der Waals surface area contributed by atoms with Crippen LogP contribution in [0.25, 0.3) is 11.3 Å². The molecule has 3 aromatic carbocycles. The van der Waals surface area contributed by atoms with Gasteiger partial charge in [-0.15, -0.1) is 11.3 Å². The summed E-state index contributed by atoms with van der Waals surface area (Å²) in [6.07, 6.45) is 0.921. The van der Waals surface area contributed by atoms with Crippen molar-refractivity contribution >= 4 is 45.4 Å². The molecule has 0 spiro atoms. The summed E-state index contributed by atoms with van der Waals surface area (Å²) in [5.41, 5.74) is 9.22.